The Balaban J connectivity index is 2.33. The van der Waals surface area contributed by atoms with E-state index in [0.29, 0.717) is 17.9 Å². The molecule has 0 aliphatic heterocycles. The molecule has 20 heavy (non-hydrogen) atoms. The molecule has 0 bridgehead atoms. The Morgan fingerprint density at radius 2 is 2.20 bits per heavy atom. The highest BCUT2D eigenvalue weighted by molar-refractivity contribution is 5.67. The molecule has 2 N–H and O–H groups in total. The Hall–Kier alpha value is -2.41. The van der Waals surface area contributed by atoms with Crippen molar-refractivity contribution in [2.24, 2.45) is 5.73 Å². The number of hydrogen-bond acceptors (Lipinski definition) is 5. The SMILES string of the molecule is COc1cc(-c2cnn(CCCN)c2)cc([N+](=O)[O-])c1. The van der Waals surface area contributed by atoms with Crippen LogP contribution < -0.4 is 10.5 Å². The monoisotopic (exact) mass is 276 g/mol. The number of rotatable bonds is 6. The number of aromatic nitrogens is 2. The van der Waals surface area contributed by atoms with E-state index in [0.717, 1.165) is 18.5 Å². The van der Waals surface area contributed by atoms with Gasteiger partial charge in [-0.05, 0) is 24.6 Å². The Morgan fingerprint density at radius 3 is 2.85 bits per heavy atom. The van der Waals surface area contributed by atoms with Crippen molar-refractivity contribution in [3.8, 4) is 16.9 Å². The van der Waals surface area contributed by atoms with Gasteiger partial charge in [-0.25, -0.2) is 0 Å². The molecular weight excluding hydrogens is 260 g/mol. The Labute approximate surface area is 116 Å². The highest BCUT2D eigenvalue weighted by Gasteiger charge is 2.12. The molecule has 1 aromatic heterocycles. The van der Waals surface area contributed by atoms with Crippen molar-refractivity contribution in [1.29, 1.82) is 0 Å². The number of methoxy groups -OCH3 is 1. The molecule has 2 aromatic rings. The van der Waals surface area contributed by atoms with E-state index >= 15 is 0 Å². The Morgan fingerprint density at radius 1 is 1.40 bits per heavy atom. The van der Waals surface area contributed by atoms with Crippen LogP contribution in [0, 0.1) is 10.1 Å². The number of nitro groups is 1. The topological polar surface area (TPSA) is 96.2 Å². The molecule has 7 nitrogen and oxygen atoms in total. The molecule has 0 atom stereocenters. The summed E-state index contributed by atoms with van der Waals surface area (Å²) in [5.74, 6) is 0.448. The van der Waals surface area contributed by atoms with Crippen molar-refractivity contribution < 1.29 is 9.66 Å². The summed E-state index contributed by atoms with van der Waals surface area (Å²) in [5.41, 5.74) is 6.96. The fraction of sp³-hybridized carbons (Fsp3) is 0.308. The molecular formula is C13H16N4O3. The zero-order valence-electron chi connectivity index (χ0n) is 11.2. The van der Waals surface area contributed by atoms with Gasteiger partial charge in [-0.15, -0.1) is 0 Å². The zero-order chi connectivity index (χ0) is 14.5. The van der Waals surface area contributed by atoms with Crippen molar-refractivity contribution in [2.75, 3.05) is 13.7 Å². The highest BCUT2D eigenvalue weighted by atomic mass is 16.6. The zero-order valence-corrected chi connectivity index (χ0v) is 11.2. The lowest BCUT2D eigenvalue weighted by Gasteiger charge is -2.03. The van der Waals surface area contributed by atoms with Crippen LogP contribution in [0.4, 0.5) is 5.69 Å². The summed E-state index contributed by atoms with van der Waals surface area (Å²) in [6.45, 7) is 1.32. The number of non-ortho nitro benzene ring substituents is 1. The van der Waals surface area contributed by atoms with E-state index < -0.39 is 4.92 Å². The van der Waals surface area contributed by atoms with Gasteiger partial charge in [0.25, 0.3) is 5.69 Å². The van der Waals surface area contributed by atoms with Gasteiger partial charge in [0.15, 0.2) is 0 Å². The minimum atomic E-state index is -0.440. The van der Waals surface area contributed by atoms with Crippen molar-refractivity contribution in [3.63, 3.8) is 0 Å². The van der Waals surface area contributed by atoms with Gasteiger partial charge in [-0.1, -0.05) is 0 Å². The predicted octanol–water partition coefficient (Wildman–Crippen LogP) is 1.82. The molecule has 1 aromatic carbocycles. The van der Waals surface area contributed by atoms with Gasteiger partial charge in [0, 0.05) is 24.4 Å². The van der Waals surface area contributed by atoms with Gasteiger partial charge in [0.1, 0.15) is 5.75 Å². The number of aryl methyl sites for hydroxylation is 1. The number of ether oxygens (including phenoxy) is 1. The maximum atomic E-state index is 10.9. The molecule has 0 unspecified atom stereocenters. The third kappa shape index (κ3) is 3.12. The van der Waals surface area contributed by atoms with E-state index in [-0.39, 0.29) is 5.69 Å². The third-order valence-electron chi connectivity index (χ3n) is 2.90. The van der Waals surface area contributed by atoms with Gasteiger partial charge in [-0.2, -0.15) is 5.10 Å². The summed E-state index contributed by atoms with van der Waals surface area (Å²) in [7, 11) is 1.48. The summed E-state index contributed by atoms with van der Waals surface area (Å²) in [5, 5.41) is 15.1. The molecule has 0 radical (unpaired) electrons. The molecule has 0 aliphatic rings. The molecule has 7 heteroatoms. The van der Waals surface area contributed by atoms with E-state index in [1.54, 1.807) is 16.9 Å². The van der Waals surface area contributed by atoms with E-state index in [2.05, 4.69) is 5.10 Å². The molecule has 2 rings (SSSR count). The second-order valence-corrected chi connectivity index (χ2v) is 4.31. The molecule has 1 heterocycles. The fourth-order valence-corrected chi connectivity index (χ4v) is 1.86. The van der Waals surface area contributed by atoms with Crippen LogP contribution in [-0.4, -0.2) is 28.4 Å². The second kappa shape index (κ2) is 6.16. The molecule has 0 fully saturated rings. The van der Waals surface area contributed by atoms with Crippen molar-refractivity contribution in [3.05, 3.63) is 40.7 Å². The maximum absolute atomic E-state index is 10.9. The smallest absolute Gasteiger partial charge is 0.273 e. The first-order valence-electron chi connectivity index (χ1n) is 6.20. The van der Waals surface area contributed by atoms with Crippen LogP contribution in [0.15, 0.2) is 30.6 Å². The first-order valence-corrected chi connectivity index (χ1v) is 6.20. The molecule has 0 saturated heterocycles. The van der Waals surface area contributed by atoms with Crippen LogP contribution in [0.2, 0.25) is 0 Å². The van der Waals surface area contributed by atoms with Gasteiger partial charge < -0.3 is 10.5 Å². The van der Waals surface area contributed by atoms with Crippen molar-refractivity contribution >= 4 is 5.69 Å². The van der Waals surface area contributed by atoms with E-state index in [9.17, 15) is 10.1 Å². The highest BCUT2D eigenvalue weighted by Crippen LogP contribution is 2.29. The summed E-state index contributed by atoms with van der Waals surface area (Å²) in [6, 6.07) is 4.65. The van der Waals surface area contributed by atoms with Crippen LogP contribution in [0.3, 0.4) is 0 Å². The summed E-state index contributed by atoms with van der Waals surface area (Å²) >= 11 is 0. The summed E-state index contributed by atoms with van der Waals surface area (Å²) in [6.07, 6.45) is 4.35. The quantitative estimate of drug-likeness (QED) is 0.641. The van der Waals surface area contributed by atoms with Crippen molar-refractivity contribution in [2.45, 2.75) is 13.0 Å². The van der Waals surface area contributed by atoms with Crippen LogP contribution in [0.5, 0.6) is 5.75 Å². The van der Waals surface area contributed by atoms with E-state index in [1.807, 2.05) is 6.20 Å². The molecule has 0 amide bonds. The summed E-state index contributed by atoms with van der Waals surface area (Å²) < 4.78 is 6.86. The number of benzene rings is 1. The lowest BCUT2D eigenvalue weighted by Crippen LogP contribution is -2.05. The van der Waals surface area contributed by atoms with Crippen LogP contribution in [0.25, 0.3) is 11.1 Å². The lowest BCUT2D eigenvalue weighted by molar-refractivity contribution is -0.384. The first kappa shape index (κ1) is 14.0. The van der Waals surface area contributed by atoms with Crippen LogP contribution >= 0.6 is 0 Å². The summed E-state index contributed by atoms with van der Waals surface area (Å²) in [4.78, 5) is 10.5. The van der Waals surface area contributed by atoms with Gasteiger partial charge in [0.2, 0.25) is 0 Å². The average molecular weight is 276 g/mol. The van der Waals surface area contributed by atoms with Gasteiger partial charge in [-0.3, -0.25) is 14.8 Å². The predicted molar refractivity (Wildman–Crippen MR) is 74.5 cm³/mol. The largest absolute Gasteiger partial charge is 0.496 e. The van der Waals surface area contributed by atoms with Gasteiger partial charge >= 0.3 is 0 Å². The minimum absolute atomic E-state index is 0.00550. The molecule has 106 valence electrons. The lowest BCUT2D eigenvalue weighted by atomic mass is 10.1. The number of nitrogens with zero attached hydrogens (tertiary/aromatic N) is 3. The fourth-order valence-electron chi connectivity index (χ4n) is 1.86. The van der Waals surface area contributed by atoms with Gasteiger partial charge in [0.05, 0.1) is 24.3 Å². The Kier molecular flexibility index (Phi) is 4.31. The van der Waals surface area contributed by atoms with E-state index in [1.165, 1.54) is 19.2 Å². The number of nitro benzene ring substituents is 1. The second-order valence-electron chi connectivity index (χ2n) is 4.31. The molecule has 0 aliphatic carbocycles. The standard InChI is InChI=1S/C13H16N4O3/c1-20-13-6-10(5-12(7-13)17(18)19)11-8-15-16(9-11)4-2-3-14/h5-9H,2-4,14H2,1H3. The van der Waals surface area contributed by atoms with Crippen LogP contribution in [-0.2, 0) is 6.54 Å². The minimum Gasteiger partial charge on any atom is -0.496 e. The maximum Gasteiger partial charge on any atom is 0.273 e. The number of nitrogens with two attached hydrogens (primary N) is 1. The third-order valence-corrected chi connectivity index (χ3v) is 2.90. The van der Waals surface area contributed by atoms with Crippen LogP contribution in [0.1, 0.15) is 6.42 Å². The molecule has 0 saturated carbocycles. The number of hydrogen-bond donors (Lipinski definition) is 1. The normalized spacial score (nSPS) is 10.5. The van der Waals surface area contributed by atoms with Crippen molar-refractivity contribution in [1.82, 2.24) is 9.78 Å². The molecule has 0 spiro atoms. The first-order chi connectivity index (χ1) is 9.63. The van der Waals surface area contributed by atoms with E-state index in [4.69, 9.17) is 10.5 Å². The Bertz CT molecular complexity index is 609. The average Bonchev–Trinajstić information content (AvgIpc) is 2.93.